The molecule has 2 aliphatic heterocycles. The van der Waals surface area contributed by atoms with Gasteiger partial charge in [-0.2, -0.15) is 13.2 Å². The molecule has 1 unspecified atom stereocenters. The molecule has 0 amide bonds. The van der Waals surface area contributed by atoms with E-state index in [1.54, 1.807) is 48.5 Å². The normalized spacial score (nSPS) is 21.3. The molecule has 1 N–H and O–H groups in total. The molecule has 0 aromatic heterocycles. The van der Waals surface area contributed by atoms with E-state index in [4.69, 9.17) is 0 Å². The van der Waals surface area contributed by atoms with Crippen LogP contribution in [-0.4, -0.2) is 55.9 Å². The van der Waals surface area contributed by atoms with Crippen LogP contribution < -0.4 is 14.5 Å². The van der Waals surface area contributed by atoms with Crippen molar-refractivity contribution in [3.8, 4) is 5.75 Å². The fraction of sp³-hybridized carbons (Fsp3) is 0.400. The zero-order valence-electron chi connectivity index (χ0n) is 22.2. The number of piperidine rings is 1. The van der Waals surface area contributed by atoms with Gasteiger partial charge in [-0.1, -0.05) is 42.5 Å². The van der Waals surface area contributed by atoms with Crippen molar-refractivity contribution < 1.29 is 45.0 Å². The van der Waals surface area contributed by atoms with Crippen LogP contribution in [-0.2, 0) is 11.8 Å². The number of anilines is 2. The van der Waals surface area contributed by atoms with E-state index in [2.05, 4.69) is 4.74 Å². The number of fused-ring (bicyclic) bond motifs is 1. The Morgan fingerprint density at radius 2 is 1.55 bits per heavy atom. The standard InChI is InChI=1S/C30H28F8N2O2/c31-28(32)11-13-39(14-12-28)22-7-3-5-20(15-22)17-27(21-6-4-8-23(16-21)42-30(36,37)38)19-40(18-26(41)29(33,34)35)25-10-2-1-9-24(25)27/h1-10,15-16,26,41H,11-14,17-19H2/t26-,27?/m1/s1. The predicted octanol–water partition coefficient (Wildman–Crippen LogP) is 7.09. The van der Waals surface area contributed by atoms with Gasteiger partial charge < -0.3 is 19.6 Å². The van der Waals surface area contributed by atoms with Crippen LogP contribution in [0.1, 0.15) is 29.5 Å². The summed E-state index contributed by atoms with van der Waals surface area (Å²) >= 11 is 0. The summed E-state index contributed by atoms with van der Waals surface area (Å²) in [5.41, 5.74) is 1.64. The van der Waals surface area contributed by atoms with Crippen molar-refractivity contribution in [2.45, 2.75) is 49.2 Å². The Morgan fingerprint density at radius 3 is 2.24 bits per heavy atom. The van der Waals surface area contributed by atoms with Crippen LogP contribution in [0.2, 0.25) is 0 Å². The number of alkyl halides is 8. The highest BCUT2D eigenvalue weighted by atomic mass is 19.4. The molecular formula is C30H28F8N2O2. The van der Waals surface area contributed by atoms with Gasteiger partial charge in [0.15, 0.2) is 6.10 Å². The molecule has 5 rings (SSSR count). The minimum Gasteiger partial charge on any atom is -0.406 e. The topological polar surface area (TPSA) is 35.9 Å². The quantitative estimate of drug-likeness (QED) is 0.294. The van der Waals surface area contributed by atoms with Crippen LogP contribution >= 0.6 is 0 Å². The fourth-order valence-corrected chi connectivity index (χ4v) is 5.92. The molecule has 1 fully saturated rings. The number of benzene rings is 3. The van der Waals surface area contributed by atoms with Gasteiger partial charge in [-0.15, -0.1) is 13.2 Å². The average Bonchev–Trinajstić information content (AvgIpc) is 3.21. The first-order valence-corrected chi connectivity index (χ1v) is 13.3. The molecule has 0 saturated carbocycles. The number of halogens is 8. The number of hydrogen-bond donors (Lipinski definition) is 1. The molecule has 0 aliphatic carbocycles. The van der Waals surface area contributed by atoms with Crippen LogP contribution in [0.4, 0.5) is 46.5 Å². The smallest absolute Gasteiger partial charge is 0.406 e. The third-order valence-corrected chi connectivity index (χ3v) is 7.89. The molecule has 12 heteroatoms. The molecule has 2 atom stereocenters. The lowest BCUT2D eigenvalue weighted by Gasteiger charge is -2.35. The van der Waals surface area contributed by atoms with Gasteiger partial charge in [0, 0.05) is 49.3 Å². The van der Waals surface area contributed by atoms with Gasteiger partial charge >= 0.3 is 12.5 Å². The maximum Gasteiger partial charge on any atom is 0.573 e. The van der Waals surface area contributed by atoms with Gasteiger partial charge in [0.1, 0.15) is 5.75 Å². The second kappa shape index (κ2) is 10.9. The number of ether oxygens (including phenoxy) is 1. The van der Waals surface area contributed by atoms with Crippen molar-refractivity contribution in [2.24, 2.45) is 0 Å². The van der Waals surface area contributed by atoms with Crippen molar-refractivity contribution in [3.63, 3.8) is 0 Å². The number of aliphatic hydroxyl groups excluding tert-OH is 1. The lowest BCUT2D eigenvalue weighted by Crippen LogP contribution is -2.44. The van der Waals surface area contributed by atoms with Gasteiger partial charge in [0.2, 0.25) is 0 Å². The molecular weight excluding hydrogens is 572 g/mol. The Labute approximate surface area is 237 Å². The summed E-state index contributed by atoms with van der Waals surface area (Å²) in [7, 11) is 0. The number of rotatable bonds is 7. The molecule has 0 bridgehead atoms. The largest absolute Gasteiger partial charge is 0.573 e. The molecule has 3 aromatic carbocycles. The van der Waals surface area contributed by atoms with Gasteiger partial charge in [0.25, 0.3) is 5.92 Å². The summed E-state index contributed by atoms with van der Waals surface area (Å²) < 4.78 is 111. The number of nitrogens with zero attached hydrogens (tertiary/aromatic N) is 2. The molecule has 42 heavy (non-hydrogen) atoms. The zero-order valence-corrected chi connectivity index (χ0v) is 22.2. The first kappa shape index (κ1) is 29.9. The van der Waals surface area contributed by atoms with E-state index in [9.17, 15) is 40.2 Å². The average molecular weight is 601 g/mol. The number of aliphatic hydroxyl groups is 1. The Hall–Kier alpha value is -3.54. The van der Waals surface area contributed by atoms with Gasteiger partial charge in [-0.05, 0) is 53.4 Å². The van der Waals surface area contributed by atoms with E-state index in [0.29, 0.717) is 28.1 Å². The highest BCUT2D eigenvalue weighted by Gasteiger charge is 2.47. The Kier molecular flexibility index (Phi) is 7.80. The molecule has 0 spiro atoms. The number of hydrogen-bond acceptors (Lipinski definition) is 4. The van der Waals surface area contributed by atoms with Crippen molar-refractivity contribution in [1.82, 2.24) is 0 Å². The zero-order chi connectivity index (χ0) is 30.3. The minimum absolute atomic E-state index is 0.0743. The van der Waals surface area contributed by atoms with Crippen LogP contribution in [0.15, 0.2) is 72.8 Å². The first-order valence-electron chi connectivity index (χ1n) is 13.3. The van der Waals surface area contributed by atoms with E-state index in [1.807, 2.05) is 11.0 Å². The summed E-state index contributed by atoms with van der Waals surface area (Å²) in [5, 5.41) is 9.92. The van der Waals surface area contributed by atoms with E-state index < -0.39 is 42.3 Å². The van der Waals surface area contributed by atoms with Crippen molar-refractivity contribution in [3.05, 3.63) is 89.5 Å². The first-order chi connectivity index (χ1) is 19.7. The summed E-state index contributed by atoms with van der Waals surface area (Å²) in [5.74, 6) is -3.21. The molecule has 1 saturated heterocycles. The van der Waals surface area contributed by atoms with Crippen LogP contribution in [0.5, 0.6) is 5.75 Å². The molecule has 3 aromatic rings. The summed E-state index contributed by atoms with van der Waals surface area (Å²) in [6, 6.07) is 19.1. The fourth-order valence-electron chi connectivity index (χ4n) is 5.92. The van der Waals surface area contributed by atoms with Crippen LogP contribution in [0.25, 0.3) is 0 Å². The monoisotopic (exact) mass is 600 g/mol. The Balaban J connectivity index is 1.57. The van der Waals surface area contributed by atoms with E-state index >= 15 is 0 Å². The molecule has 4 nitrogen and oxygen atoms in total. The van der Waals surface area contributed by atoms with E-state index in [-0.39, 0.29) is 38.9 Å². The summed E-state index contributed by atoms with van der Waals surface area (Å²) in [6.45, 7) is -0.563. The van der Waals surface area contributed by atoms with Gasteiger partial charge in [-0.25, -0.2) is 8.78 Å². The van der Waals surface area contributed by atoms with Gasteiger partial charge in [-0.3, -0.25) is 0 Å². The molecule has 0 radical (unpaired) electrons. The number of para-hydroxylation sites is 1. The second-order valence-electron chi connectivity index (χ2n) is 10.8. The summed E-state index contributed by atoms with van der Waals surface area (Å²) in [4.78, 5) is 3.22. The molecule has 2 heterocycles. The SMILES string of the molecule is O[C@H](CN1CC(Cc2cccc(N3CCC(F)(F)CC3)c2)(c2cccc(OC(F)(F)F)c2)c2ccccc21)C(F)(F)F. The van der Waals surface area contributed by atoms with Crippen LogP contribution in [0, 0.1) is 0 Å². The second-order valence-corrected chi connectivity index (χ2v) is 10.8. The minimum atomic E-state index is -4.96. The highest BCUT2D eigenvalue weighted by molar-refractivity contribution is 5.67. The third kappa shape index (κ3) is 6.43. The van der Waals surface area contributed by atoms with Gasteiger partial charge in [0.05, 0.1) is 6.54 Å². The highest BCUT2D eigenvalue weighted by Crippen LogP contribution is 2.48. The maximum atomic E-state index is 13.8. The lowest BCUT2D eigenvalue weighted by molar-refractivity contribution is -0.274. The number of β-amino-alcohol motifs (C(OH)–C–C–N with tert-alkyl or cyclic N) is 1. The molecule has 226 valence electrons. The Bertz CT molecular complexity index is 1400. The third-order valence-electron chi connectivity index (χ3n) is 7.89. The molecule has 2 aliphatic rings. The van der Waals surface area contributed by atoms with Crippen molar-refractivity contribution >= 4 is 11.4 Å². The lowest BCUT2D eigenvalue weighted by atomic mass is 9.71. The summed E-state index contributed by atoms with van der Waals surface area (Å²) in [6.07, 6.45) is -12.9. The van der Waals surface area contributed by atoms with E-state index in [1.165, 1.54) is 17.0 Å². The van der Waals surface area contributed by atoms with Crippen LogP contribution in [0.3, 0.4) is 0 Å². The maximum absolute atomic E-state index is 13.8. The van der Waals surface area contributed by atoms with E-state index in [0.717, 1.165) is 6.07 Å². The van der Waals surface area contributed by atoms with Crippen molar-refractivity contribution in [1.29, 1.82) is 0 Å². The Morgan fingerprint density at radius 1 is 0.857 bits per heavy atom. The van der Waals surface area contributed by atoms with Crippen molar-refractivity contribution in [2.75, 3.05) is 36.0 Å². The predicted molar refractivity (Wildman–Crippen MR) is 141 cm³/mol.